The molecule has 2 heteroatoms. The molecule has 3 aliphatic rings. The molecule has 0 amide bonds. The Labute approximate surface area is 124 Å². The van der Waals surface area contributed by atoms with Crippen molar-refractivity contribution in [2.45, 2.75) is 83.2 Å². The van der Waals surface area contributed by atoms with Crippen LogP contribution < -0.4 is 5.73 Å². The van der Waals surface area contributed by atoms with Crippen molar-refractivity contribution in [3.8, 4) is 0 Å². The predicted octanol–water partition coefficient (Wildman–Crippen LogP) is 3.86. The van der Waals surface area contributed by atoms with E-state index in [-0.39, 0.29) is 5.41 Å². The van der Waals surface area contributed by atoms with E-state index >= 15 is 0 Å². The second-order valence-electron chi connectivity index (χ2n) is 8.06. The van der Waals surface area contributed by atoms with E-state index in [2.05, 4.69) is 6.92 Å². The van der Waals surface area contributed by atoms with Crippen LogP contribution >= 0.6 is 0 Å². The molecule has 3 saturated carbocycles. The Bertz CT molecular complexity index is 344. The third-order valence-corrected chi connectivity index (χ3v) is 7.13. The number of fused-ring (bicyclic) bond motifs is 2. The molecule has 0 aliphatic heterocycles. The molecule has 116 valence electrons. The highest BCUT2D eigenvalue weighted by Crippen LogP contribution is 2.62. The van der Waals surface area contributed by atoms with Gasteiger partial charge in [-0.1, -0.05) is 39.0 Å². The number of hydrogen-bond acceptors (Lipinski definition) is 2. The Kier molecular flexibility index (Phi) is 4.16. The van der Waals surface area contributed by atoms with Crippen molar-refractivity contribution in [2.24, 2.45) is 28.9 Å². The van der Waals surface area contributed by atoms with Gasteiger partial charge < -0.3 is 10.8 Å². The molecular formula is C18H33NO. The van der Waals surface area contributed by atoms with Gasteiger partial charge in [-0.05, 0) is 56.3 Å². The summed E-state index contributed by atoms with van der Waals surface area (Å²) in [6.07, 6.45) is 13.7. The van der Waals surface area contributed by atoms with E-state index in [1.165, 1.54) is 57.8 Å². The van der Waals surface area contributed by atoms with Gasteiger partial charge in [0.25, 0.3) is 0 Å². The smallest absolute Gasteiger partial charge is 0.0718 e. The first-order chi connectivity index (χ1) is 9.63. The van der Waals surface area contributed by atoms with Crippen molar-refractivity contribution in [3.05, 3.63) is 0 Å². The summed E-state index contributed by atoms with van der Waals surface area (Å²) in [5, 5.41) is 11.5. The topological polar surface area (TPSA) is 46.2 Å². The van der Waals surface area contributed by atoms with Crippen molar-refractivity contribution in [1.82, 2.24) is 0 Å². The molecule has 3 rings (SSSR count). The predicted molar refractivity (Wildman–Crippen MR) is 83.4 cm³/mol. The quantitative estimate of drug-likeness (QED) is 0.768. The molecule has 2 bridgehead atoms. The third-order valence-electron chi connectivity index (χ3n) is 7.13. The van der Waals surface area contributed by atoms with E-state index < -0.39 is 5.60 Å². The van der Waals surface area contributed by atoms with Crippen molar-refractivity contribution < 1.29 is 5.11 Å². The van der Waals surface area contributed by atoms with Crippen LogP contribution in [-0.2, 0) is 0 Å². The number of hydrogen-bond donors (Lipinski definition) is 2. The number of aliphatic hydroxyl groups is 1. The standard InChI is InChI=1S/C18H33NO/c1-2-4-14-5-3-9-18(20,10-8-14)17(13-19)12-15-6-7-16(17)11-15/h14-16,20H,2-13,19H2,1H3. The minimum atomic E-state index is -0.454. The van der Waals surface area contributed by atoms with Crippen LogP contribution in [0, 0.1) is 23.2 Å². The van der Waals surface area contributed by atoms with Crippen LogP contribution in [0.15, 0.2) is 0 Å². The fourth-order valence-electron chi connectivity index (χ4n) is 6.04. The molecule has 5 unspecified atom stereocenters. The second-order valence-corrected chi connectivity index (χ2v) is 8.06. The van der Waals surface area contributed by atoms with Crippen molar-refractivity contribution in [1.29, 1.82) is 0 Å². The highest BCUT2D eigenvalue weighted by atomic mass is 16.3. The monoisotopic (exact) mass is 279 g/mol. The molecule has 0 aromatic heterocycles. The summed E-state index contributed by atoms with van der Waals surface area (Å²) in [5.74, 6) is 2.43. The molecular weight excluding hydrogens is 246 g/mol. The van der Waals surface area contributed by atoms with Crippen molar-refractivity contribution in [2.75, 3.05) is 6.54 Å². The lowest BCUT2D eigenvalue weighted by Crippen LogP contribution is -2.55. The normalized spacial score (nSPS) is 48.5. The molecule has 3 fully saturated rings. The Hall–Kier alpha value is -0.0800. The van der Waals surface area contributed by atoms with Gasteiger partial charge in [-0.2, -0.15) is 0 Å². The average molecular weight is 279 g/mol. The van der Waals surface area contributed by atoms with Crippen LogP contribution in [0.3, 0.4) is 0 Å². The minimum Gasteiger partial charge on any atom is -0.389 e. The molecule has 0 radical (unpaired) electrons. The van der Waals surface area contributed by atoms with Crippen LogP contribution in [0.2, 0.25) is 0 Å². The minimum absolute atomic E-state index is 0.0665. The van der Waals surface area contributed by atoms with E-state index in [0.29, 0.717) is 12.5 Å². The molecule has 3 aliphatic carbocycles. The largest absolute Gasteiger partial charge is 0.389 e. The van der Waals surface area contributed by atoms with Gasteiger partial charge >= 0.3 is 0 Å². The molecule has 0 aromatic rings. The molecule has 2 nitrogen and oxygen atoms in total. The SMILES string of the molecule is CCCC1CCCC(O)(C2(CN)CC3CCC2C3)CC1. The zero-order valence-electron chi connectivity index (χ0n) is 13.2. The number of rotatable bonds is 4. The lowest BCUT2D eigenvalue weighted by Gasteiger charge is -2.50. The maximum absolute atomic E-state index is 11.5. The highest BCUT2D eigenvalue weighted by Gasteiger charge is 2.60. The van der Waals surface area contributed by atoms with E-state index in [9.17, 15) is 5.11 Å². The summed E-state index contributed by atoms with van der Waals surface area (Å²) in [7, 11) is 0. The Morgan fingerprint density at radius 1 is 1.15 bits per heavy atom. The van der Waals surface area contributed by atoms with Crippen LogP contribution in [-0.4, -0.2) is 17.3 Å². The van der Waals surface area contributed by atoms with Crippen LogP contribution in [0.25, 0.3) is 0 Å². The van der Waals surface area contributed by atoms with Crippen molar-refractivity contribution >= 4 is 0 Å². The van der Waals surface area contributed by atoms with E-state index in [0.717, 1.165) is 24.7 Å². The fourth-order valence-corrected chi connectivity index (χ4v) is 6.04. The van der Waals surface area contributed by atoms with E-state index in [4.69, 9.17) is 5.73 Å². The van der Waals surface area contributed by atoms with Crippen molar-refractivity contribution in [3.63, 3.8) is 0 Å². The van der Waals surface area contributed by atoms with Crippen LogP contribution in [0.1, 0.15) is 77.6 Å². The van der Waals surface area contributed by atoms with Gasteiger partial charge in [-0.25, -0.2) is 0 Å². The lowest BCUT2D eigenvalue weighted by molar-refractivity contribution is -0.119. The molecule has 20 heavy (non-hydrogen) atoms. The van der Waals surface area contributed by atoms with Crippen LogP contribution in [0.5, 0.6) is 0 Å². The zero-order valence-corrected chi connectivity index (χ0v) is 13.2. The number of nitrogens with two attached hydrogens (primary N) is 1. The first kappa shape index (κ1) is 14.8. The van der Waals surface area contributed by atoms with Crippen LogP contribution in [0.4, 0.5) is 0 Å². The van der Waals surface area contributed by atoms with Gasteiger partial charge in [0.2, 0.25) is 0 Å². The molecule has 0 heterocycles. The molecule has 3 N–H and O–H groups in total. The summed E-state index contributed by atoms with van der Waals surface area (Å²) in [6.45, 7) is 3.00. The summed E-state index contributed by atoms with van der Waals surface area (Å²) >= 11 is 0. The Morgan fingerprint density at radius 3 is 2.60 bits per heavy atom. The first-order valence-corrected chi connectivity index (χ1v) is 9.06. The zero-order chi connectivity index (χ0) is 14.2. The van der Waals surface area contributed by atoms with E-state index in [1.54, 1.807) is 0 Å². The molecule has 0 spiro atoms. The summed E-state index contributed by atoms with van der Waals surface area (Å²) < 4.78 is 0. The molecule has 0 aromatic carbocycles. The van der Waals surface area contributed by atoms with E-state index in [1.807, 2.05) is 0 Å². The highest BCUT2D eigenvalue weighted by molar-refractivity contribution is 5.11. The summed E-state index contributed by atoms with van der Waals surface area (Å²) in [4.78, 5) is 0. The van der Waals surface area contributed by atoms with Gasteiger partial charge in [-0.15, -0.1) is 0 Å². The third kappa shape index (κ3) is 2.23. The average Bonchev–Trinajstić information content (AvgIpc) is 3.00. The maximum atomic E-state index is 11.5. The molecule has 0 saturated heterocycles. The van der Waals surface area contributed by atoms with Gasteiger partial charge in [0.15, 0.2) is 0 Å². The summed E-state index contributed by atoms with van der Waals surface area (Å²) in [5.41, 5.74) is 5.87. The Morgan fingerprint density at radius 2 is 2.00 bits per heavy atom. The maximum Gasteiger partial charge on any atom is 0.0718 e. The fraction of sp³-hybridized carbons (Fsp3) is 1.00. The molecule has 5 atom stereocenters. The van der Waals surface area contributed by atoms with Gasteiger partial charge in [0, 0.05) is 12.0 Å². The summed E-state index contributed by atoms with van der Waals surface area (Å²) in [6, 6.07) is 0. The second kappa shape index (κ2) is 5.61. The van der Waals surface area contributed by atoms with Gasteiger partial charge in [0.05, 0.1) is 5.60 Å². The van der Waals surface area contributed by atoms with Gasteiger partial charge in [-0.3, -0.25) is 0 Å². The Balaban J connectivity index is 1.77. The first-order valence-electron chi connectivity index (χ1n) is 9.06. The lowest BCUT2D eigenvalue weighted by atomic mass is 9.59. The van der Waals surface area contributed by atoms with Gasteiger partial charge in [0.1, 0.15) is 0 Å².